The molecule has 1 heterocycles. The van der Waals surface area contributed by atoms with Gasteiger partial charge in [-0.3, -0.25) is 4.79 Å². The molecule has 0 aliphatic heterocycles. The van der Waals surface area contributed by atoms with E-state index in [0.717, 1.165) is 22.2 Å². The van der Waals surface area contributed by atoms with E-state index in [0.29, 0.717) is 29.2 Å². The second kappa shape index (κ2) is 11.0. The number of aromatic nitrogens is 2. The third-order valence-electron chi connectivity index (χ3n) is 4.80. The Morgan fingerprint density at radius 1 is 1.18 bits per heavy atom. The van der Waals surface area contributed by atoms with Crippen molar-refractivity contribution in [3.8, 4) is 28.6 Å². The van der Waals surface area contributed by atoms with Crippen molar-refractivity contribution < 1.29 is 27.9 Å². The van der Waals surface area contributed by atoms with Crippen LogP contribution in [0.5, 0.6) is 17.4 Å². The van der Waals surface area contributed by atoms with Gasteiger partial charge in [0.15, 0.2) is 5.75 Å². The molecule has 0 aliphatic rings. The maximum atomic E-state index is 12.6. The number of halogens is 3. The van der Waals surface area contributed by atoms with Crippen LogP contribution in [0.2, 0.25) is 5.02 Å². The Balaban J connectivity index is 1.72. The Labute approximate surface area is 195 Å². The van der Waals surface area contributed by atoms with Crippen LogP contribution < -0.4 is 19.8 Å². The van der Waals surface area contributed by atoms with Gasteiger partial charge in [-0.2, -0.15) is 19.4 Å². The van der Waals surface area contributed by atoms with Gasteiger partial charge in [-0.05, 0) is 42.3 Å². The second-order valence-electron chi connectivity index (χ2n) is 7.06. The summed E-state index contributed by atoms with van der Waals surface area (Å²) < 4.78 is 36.6. The van der Waals surface area contributed by atoms with Gasteiger partial charge < -0.3 is 14.3 Å². The summed E-state index contributed by atoms with van der Waals surface area (Å²) in [6.45, 7) is 0.964. The van der Waals surface area contributed by atoms with Gasteiger partial charge in [0.05, 0.1) is 0 Å². The van der Waals surface area contributed by atoms with Crippen LogP contribution in [0.3, 0.4) is 0 Å². The van der Waals surface area contributed by atoms with Gasteiger partial charge in [-0.1, -0.05) is 37.6 Å². The number of ether oxygens (including phenoxy) is 2. The molecule has 0 saturated heterocycles. The van der Waals surface area contributed by atoms with Gasteiger partial charge in [0.25, 0.3) is 5.91 Å². The first-order chi connectivity index (χ1) is 15.8. The highest BCUT2D eigenvalue weighted by molar-refractivity contribution is 6.34. The van der Waals surface area contributed by atoms with Crippen LogP contribution in [-0.2, 0) is 24.9 Å². The van der Waals surface area contributed by atoms with Crippen molar-refractivity contribution in [2.45, 2.75) is 39.9 Å². The van der Waals surface area contributed by atoms with E-state index in [1.165, 1.54) is 7.05 Å². The monoisotopic (exact) mass is 479 g/mol. The van der Waals surface area contributed by atoms with Gasteiger partial charge in [0.1, 0.15) is 23.1 Å². The molecule has 0 bridgehead atoms. The average Bonchev–Trinajstić information content (AvgIpc) is 3.09. The minimum Gasteiger partial charge on any atom is -0.489 e. The molecule has 1 amide bonds. The lowest BCUT2D eigenvalue weighted by molar-refractivity contribution is -0.127. The molecule has 0 saturated carbocycles. The highest BCUT2D eigenvalue weighted by atomic mass is 35.5. The predicted octanol–water partition coefficient (Wildman–Crippen LogP) is 5.30. The fourth-order valence-corrected chi connectivity index (χ4v) is 3.28. The Bertz CT molecular complexity index is 1100. The zero-order chi connectivity index (χ0) is 24.0. The van der Waals surface area contributed by atoms with Crippen LogP contribution in [0, 0.1) is 0 Å². The van der Waals surface area contributed by atoms with E-state index in [4.69, 9.17) is 21.2 Å². The molecule has 7 nitrogen and oxygen atoms in total. The van der Waals surface area contributed by atoms with E-state index in [1.54, 1.807) is 31.2 Å². The number of carbonyl (C=O) groups is 1. The number of hydrogen-bond acceptors (Lipinski definition) is 5. The molecule has 3 rings (SSSR count). The largest absolute Gasteiger partial charge is 0.489 e. The molecule has 10 heteroatoms. The fraction of sp³-hybridized carbons (Fsp3) is 0.304. The molecule has 0 aliphatic carbocycles. The number of alkyl halides is 2. The Hall–Kier alpha value is -3.33. The molecule has 0 atom stereocenters. The van der Waals surface area contributed by atoms with Crippen molar-refractivity contribution in [3.63, 3.8) is 0 Å². The third kappa shape index (κ3) is 6.13. The van der Waals surface area contributed by atoms with E-state index in [9.17, 15) is 13.6 Å². The highest BCUT2D eigenvalue weighted by Gasteiger charge is 2.20. The summed E-state index contributed by atoms with van der Waals surface area (Å²) >= 11 is 6.18. The van der Waals surface area contributed by atoms with E-state index in [1.807, 2.05) is 25.1 Å². The van der Waals surface area contributed by atoms with Gasteiger partial charge >= 0.3 is 6.61 Å². The predicted molar refractivity (Wildman–Crippen MR) is 119 cm³/mol. The molecule has 176 valence electrons. The lowest BCUT2D eigenvalue weighted by Crippen LogP contribution is -2.26. The topological polar surface area (TPSA) is 74.6 Å². The molecule has 1 N–H and O–H groups in total. The van der Waals surface area contributed by atoms with Crippen LogP contribution in [0.1, 0.15) is 31.4 Å². The Morgan fingerprint density at radius 3 is 2.55 bits per heavy atom. The summed E-state index contributed by atoms with van der Waals surface area (Å²) in [5, 5.41) is 4.16. The molecule has 2 aromatic carbocycles. The van der Waals surface area contributed by atoms with Gasteiger partial charge in [-0.15, -0.1) is 0 Å². The SMILES string of the molecule is CCC(=O)NOc1cc(CC)ccc1COc1ccc(-c2nn(C)c(OC(F)F)c2Cl)cc1. The number of nitrogens with one attached hydrogen (secondary N) is 1. The van der Waals surface area contributed by atoms with Crippen molar-refractivity contribution in [1.29, 1.82) is 0 Å². The lowest BCUT2D eigenvalue weighted by Gasteiger charge is -2.13. The third-order valence-corrected chi connectivity index (χ3v) is 5.14. The summed E-state index contributed by atoms with van der Waals surface area (Å²) in [6, 6.07) is 12.6. The van der Waals surface area contributed by atoms with E-state index in [2.05, 4.69) is 15.3 Å². The first kappa shape index (κ1) is 24.3. The number of hydrogen-bond donors (Lipinski definition) is 1. The van der Waals surface area contributed by atoms with Crippen LogP contribution in [0.4, 0.5) is 8.78 Å². The van der Waals surface area contributed by atoms with E-state index < -0.39 is 6.61 Å². The Kier molecular flexibility index (Phi) is 8.11. The van der Waals surface area contributed by atoms with Crippen LogP contribution in [0.15, 0.2) is 42.5 Å². The standard InChI is InChI=1S/C23H24ClF2N3O4/c1-4-14-6-7-16(18(12-14)33-28-19(30)5-2)13-31-17-10-8-15(9-11-17)21-20(24)22(29(3)27-21)32-23(25)26/h6-12,23H,4-5,13H2,1-3H3,(H,28,30). The number of amides is 1. The molecule has 1 aromatic heterocycles. The molecule has 0 radical (unpaired) electrons. The number of hydroxylamine groups is 1. The van der Waals surface area contributed by atoms with E-state index in [-0.39, 0.29) is 23.4 Å². The maximum absolute atomic E-state index is 12.6. The second-order valence-corrected chi connectivity index (χ2v) is 7.44. The van der Waals surface area contributed by atoms with Crippen molar-refractivity contribution in [2.75, 3.05) is 0 Å². The quantitative estimate of drug-likeness (QED) is 0.399. The minimum absolute atomic E-state index is 0.00148. The summed E-state index contributed by atoms with van der Waals surface area (Å²) in [4.78, 5) is 17.0. The number of carbonyl (C=O) groups excluding carboxylic acids is 1. The summed E-state index contributed by atoms with van der Waals surface area (Å²) in [7, 11) is 1.47. The molecule has 0 unspecified atom stereocenters. The average molecular weight is 480 g/mol. The van der Waals surface area contributed by atoms with Crippen LogP contribution in [0.25, 0.3) is 11.3 Å². The fourth-order valence-electron chi connectivity index (χ4n) is 2.97. The highest BCUT2D eigenvalue weighted by Crippen LogP contribution is 2.36. The zero-order valence-electron chi connectivity index (χ0n) is 18.4. The van der Waals surface area contributed by atoms with Crippen molar-refractivity contribution in [1.82, 2.24) is 15.3 Å². The normalized spacial score (nSPS) is 10.9. The molecule has 0 fully saturated rings. The van der Waals surface area contributed by atoms with E-state index >= 15 is 0 Å². The maximum Gasteiger partial charge on any atom is 0.388 e. The number of aryl methyl sites for hydroxylation is 2. The Morgan fingerprint density at radius 2 is 1.91 bits per heavy atom. The number of nitrogens with zero attached hydrogens (tertiary/aromatic N) is 2. The molecule has 0 spiro atoms. The van der Waals surface area contributed by atoms with Crippen LogP contribution >= 0.6 is 11.6 Å². The molecule has 33 heavy (non-hydrogen) atoms. The summed E-state index contributed by atoms with van der Waals surface area (Å²) in [6.07, 6.45) is 1.13. The first-order valence-corrected chi connectivity index (χ1v) is 10.7. The van der Waals surface area contributed by atoms with Crippen LogP contribution in [-0.4, -0.2) is 22.3 Å². The van der Waals surface area contributed by atoms with Crippen molar-refractivity contribution >= 4 is 17.5 Å². The lowest BCUT2D eigenvalue weighted by atomic mass is 10.1. The zero-order valence-corrected chi connectivity index (χ0v) is 19.2. The smallest absolute Gasteiger partial charge is 0.388 e. The summed E-state index contributed by atoms with van der Waals surface area (Å²) in [5.41, 5.74) is 5.17. The van der Waals surface area contributed by atoms with Crippen molar-refractivity contribution in [3.05, 3.63) is 58.6 Å². The minimum atomic E-state index is -3.00. The number of rotatable bonds is 10. The first-order valence-electron chi connectivity index (χ1n) is 10.3. The molecular weight excluding hydrogens is 456 g/mol. The number of benzene rings is 2. The van der Waals surface area contributed by atoms with Gasteiger partial charge in [0.2, 0.25) is 5.88 Å². The van der Waals surface area contributed by atoms with Gasteiger partial charge in [0, 0.05) is 24.6 Å². The molecular formula is C23H24ClF2N3O4. The van der Waals surface area contributed by atoms with Crippen molar-refractivity contribution in [2.24, 2.45) is 7.05 Å². The van der Waals surface area contributed by atoms with Gasteiger partial charge in [-0.25, -0.2) is 4.68 Å². The summed E-state index contributed by atoms with van der Waals surface area (Å²) in [5.74, 6) is 0.646. The molecule has 3 aromatic rings.